The second-order valence-corrected chi connectivity index (χ2v) is 7.54. The number of nitrogens with one attached hydrogen (secondary N) is 1. The average molecular weight is 346 g/mol. The molecule has 0 saturated carbocycles. The van der Waals surface area contributed by atoms with Crippen molar-refractivity contribution in [1.82, 2.24) is 9.29 Å². The second-order valence-electron chi connectivity index (χ2n) is 5.74. The number of hydrogen-bond acceptors (Lipinski definition) is 4. The molecule has 3 rings (SSSR count). The molecule has 0 atom stereocenters. The zero-order valence-electron chi connectivity index (χ0n) is 13.4. The first-order chi connectivity index (χ1) is 11.4. The summed E-state index contributed by atoms with van der Waals surface area (Å²) in [6, 6.07) is 12.6. The van der Waals surface area contributed by atoms with E-state index in [0.29, 0.717) is 11.1 Å². The molecule has 7 heteroatoms. The number of aryl methyl sites for hydroxylation is 2. The van der Waals surface area contributed by atoms with Crippen LogP contribution >= 0.6 is 0 Å². The summed E-state index contributed by atoms with van der Waals surface area (Å²) in [5.41, 5.74) is 3.56. The van der Waals surface area contributed by atoms with E-state index in [1.165, 1.54) is 4.57 Å². The number of sulfonamides is 1. The van der Waals surface area contributed by atoms with Crippen LogP contribution in [0.1, 0.15) is 16.7 Å². The molecular formula is C17H18N2O4S. The van der Waals surface area contributed by atoms with Gasteiger partial charge in [-0.25, -0.2) is 17.9 Å². The fourth-order valence-electron chi connectivity index (χ4n) is 2.51. The fraction of sp³-hybridized carbons (Fsp3) is 0.235. The molecule has 0 fully saturated rings. The van der Waals surface area contributed by atoms with Gasteiger partial charge in [0.2, 0.25) is 10.0 Å². The Kier molecular flexibility index (Phi) is 4.29. The molecule has 1 heterocycles. The van der Waals surface area contributed by atoms with Gasteiger partial charge in [0.1, 0.15) is 0 Å². The van der Waals surface area contributed by atoms with Crippen LogP contribution in [0.2, 0.25) is 0 Å². The number of aromatic nitrogens is 1. The summed E-state index contributed by atoms with van der Waals surface area (Å²) in [4.78, 5) is 11.5. The van der Waals surface area contributed by atoms with Gasteiger partial charge >= 0.3 is 5.76 Å². The average Bonchev–Trinajstić information content (AvgIpc) is 2.82. The highest BCUT2D eigenvalue weighted by Crippen LogP contribution is 2.15. The molecule has 0 aliphatic rings. The van der Waals surface area contributed by atoms with Gasteiger partial charge in [0.05, 0.1) is 11.3 Å². The number of fused-ring (bicyclic) bond motifs is 1. The van der Waals surface area contributed by atoms with E-state index in [2.05, 4.69) is 4.72 Å². The monoisotopic (exact) mass is 346 g/mol. The van der Waals surface area contributed by atoms with E-state index >= 15 is 0 Å². The summed E-state index contributed by atoms with van der Waals surface area (Å²) in [5.74, 6) is -0.509. The molecule has 0 radical (unpaired) electrons. The first-order valence-electron chi connectivity index (χ1n) is 7.46. The normalized spacial score (nSPS) is 11.9. The van der Waals surface area contributed by atoms with Crippen LogP contribution in [0.25, 0.3) is 11.1 Å². The minimum absolute atomic E-state index is 0.0671. The Morgan fingerprint density at radius 2 is 1.92 bits per heavy atom. The summed E-state index contributed by atoms with van der Waals surface area (Å²) < 4.78 is 33.6. The summed E-state index contributed by atoms with van der Waals surface area (Å²) >= 11 is 0. The van der Waals surface area contributed by atoms with Crippen molar-refractivity contribution in [2.75, 3.05) is 0 Å². The smallest absolute Gasteiger partial charge is 0.408 e. The Bertz CT molecular complexity index is 1050. The highest BCUT2D eigenvalue weighted by molar-refractivity contribution is 7.88. The topological polar surface area (TPSA) is 81.3 Å². The highest BCUT2D eigenvalue weighted by Gasteiger charge is 2.13. The molecule has 0 amide bonds. The van der Waals surface area contributed by atoms with Gasteiger partial charge in [0.25, 0.3) is 0 Å². The largest absolute Gasteiger partial charge is 0.419 e. The molecule has 0 aliphatic carbocycles. The van der Waals surface area contributed by atoms with Crippen LogP contribution in [0, 0.1) is 6.92 Å². The standard InChI is InChI=1S/C17H18N2O4S/c1-12-5-3-4-6-14(12)11-24(21,22)18-10-13-7-8-15-16(9-13)23-17(20)19(15)2/h3-9,18H,10-11H2,1-2H3. The lowest BCUT2D eigenvalue weighted by molar-refractivity contribution is 0.527. The lowest BCUT2D eigenvalue weighted by atomic mass is 10.1. The summed E-state index contributed by atoms with van der Waals surface area (Å²) in [5, 5.41) is 0. The number of oxazole rings is 1. The molecule has 0 aliphatic heterocycles. The first-order valence-corrected chi connectivity index (χ1v) is 9.11. The SMILES string of the molecule is Cc1ccccc1CS(=O)(=O)NCc1ccc2c(c1)oc(=O)n2C. The third kappa shape index (κ3) is 3.42. The maximum Gasteiger partial charge on any atom is 0.419 e. The Morgan fingerprint density at radius 1 is 1.17 bits per heavy atom. The van der Waals surface area contributed by atoms with Crippen LogP contribution in [0.4, 0.5) is 0 Å². The maximum atomic E-state index is 12.3. The van der Waals surface area contributed by atoms with Crippen molar-refractivity contribution < 1.29 is 12.8 Å². The van der Waals surface area contributed by atoms with Gasteiger partial charge < -0.3 is 4.42 Å². The van der Waals surface area contributed by atoms with Crippen LogP contribution in [0.15, 0.2) is 51.7 Å². The molecule has 6 nitrogen and oxygen atoms in total. The predicted molar refractivity (Wildman–Crippen MR) is 92.1 cm³/mol. The Hall–Kier alpha value is -2.38. The molecule has 0 saturated heterocycles. The van der Waals surface area contributed by atoms with Crippen molar-refractivity contribution in [3.05, 3.63) is 69.7 Å². The third-order valence-electron chi connectivity index (χ3n) is 3.96. The van der Waals surface area contributed by atoms with Gasteiger partial charge in [-0.2, -0.15) is 0 Å². The summed E-state index contributed by atoms with van der Waals surface area (Å²) in [6.45, 7) is 2.03. The fourth-order valence-corrected chi connectivity index (χ4v) is 3.73. The van der Waals surface area contributed by atoms with Crippen LogP contribution in [0.3, 0.4) is 0 Å². The number of hydrogen-bond donors (Lipinski definition) is 1. The quantitative estimate of drug-likeness (QED) is 0.767. The van der Waals surface area contributed by atoms with Crippen molar-refractivity contribution >= 4 is 21.1 Å². The van der Waals surface area contributed by atoms with Crippen molar-refractivity contribution in [2.24, 2.45) is 7.05 Å². The zero-order chi connectivity index (χ0) is 17.3. The number of benzene rings is 2. The van der Waals surface area contributed by atoms with Crippen LogP contribution in [-0.4, -0.2) is 13.0 Å². The Balaban J connectivity index is 1.75. The lowest BCUT2D eigenvalue weighted by Gasteiger charge is -2.09. The molecule has 3 aromatic rings. The third-order valence-corrected chi connectivity index (χ3v) is 5.23. The van der Waals surface area contributed by atoms with Gasteiger partial charge in [0.15, 0.2) is 5.58 Å². The Morgan fingerprint density at radius 3 is 2.67 bits per heavy atom. The molecule has 24 heavy (non-hydrogen) atoms. The van der Waals surface area contributed by atoms with Gasteiger partial charge in [-0.3, -0.25) is 4.57 Å². The van der Waals surface area contributed by atoms with E-state index in [9.17, 15) is 13.2 Å². The molecule has 1 N–H and O–H groups in total. The van der Waals surface area contributed by atoms with Gasteiger partial charge in [-0.15, -0.1) is 0 Å². The number of rotatable bonds is 5. The zero-order valence-corrected chi connectivity index (χ0v) is 14.3. The minimum Gasteiger partial charge on any atom is -0.408 e. The number of nitrogens with zero attached hydrogens (tertiary/aromatic N) is 1. The lowest BCUT2D eigenvalue weighted by Crippen LogP contribution is -2.25. The van der Waals surface area contributed by atoms with E-state index < -0.39 is 15.8 Å². The van der Waals surface area contributed by atoms with E-state index in [0.717, 1.165) is 16.7 Å². The van der Waals surface area contributed by atoms with E-state index in [4.69, 9.17) is 4.42 Å². The molecular weight excluding hydrogens is 328 g/mol. The van der Waals surface area contributed by atoms with Crippen LogP contribution < -0.4 is 10.5 Å². The van der Waals surface area contributed by atoms with E-state index in [1.54, 1.807) is 31.3 Å². The van der Waals surface area contributed by atoms with E-state index in [-0.39, 0.29) is 12.3 Å². The van der Waals surface area contributed by atoms with Gasteiger partial charge in [-0.1, -0.05) is 30.3 Å². The molecule has 126 valence electrons. The molecule has 2 aromatic carbocycles. The second kappa shape index (κ2) is 6.26. The molecule has 0 unspecified atom stereocenters. The van der Waals surface area contributed by atoms with Crippen molar-refractivity contribution in [2.45, 2.75) is 19.2 Å². The van der Waals surface area contributed by atoms with Crippen LogP contribution in [0.5, 0.6) is 0 Å². The van der Waals surface area contributed by atoms with Crippen LogP contribution in [-0.2, 0) is 29.4 Å². The Labute approximate surface area is 139 Å². The molecule has 0 bridgehead atoms. The van der Waals surface area contributed by atoms with Gasteiger partial charge in [0, 0.05) is 13.6 Å². The van der Waals surface area contributed by atoms with Crippen molar-refractivity contribution in [3.63, 3.8) is 0 Å². The van der Waals surface area contributed by atoms with E-state index in [1.807, 2.05) is 25.1 Å². The first kappa shape index (κ1) is 16.5. The van der Waals surface area contributed by atoms with Crippen molar-refractivity contribution in [3.8, 4) is 0 Å². The highest BCUT2D eigenvalue weighted by atomic mass is 32.2. The predicted octanol–water partition coefficient (Wildman–Crippen LogP) is 2.06. The minimum atomic E-state index is -3.46. The maximum absolute atomic E-state index is 12.3. The molecule has 0 spiro atoms. The van der Waals surface area contributed by atoms with Gasteiger partial charge in [-0.05, 0) is 35.7 Å². The summed E-state index contributed by atoms with van der Waals surface area (Å²) in [6.07, 6.45) is 0. The van der Waals surface area contributed by atoms with Crippen molar-refractivity contribution in [1.29, 1.82) is 0 Å². The molecule has 1 aromatic heterocycles. The summed E-state index contributed by atoms with van der Waals surface area (Å²) in [7, 11) is -1.84.